The van der Waals surface area contributed by atoms with E-state index in [-0.39, 0.29) is 10.7 Å². The molecule has 1 aromatic carbocycles. The maximum atomic E-state index is 13.2. The van der Waals surface area contributed by atoms with Crippen molar-refractivity contribution in [1.29, 1.82) is 0 Å². The summed E-state index contributed by atoms with van der Waals surface area (Å²) in [5, 5.41) is 5.19. The smallest absolute Gasteiger partial charge is 0.238 e. The largest absolute Gasteiger partial charge is 0.318 e. The summed E-state index contributed by atoms with van der Waals surface area (Å²) >= 11 is 0. The summed E-state index contributed by atoms with van der Waals surface area (Å²) in [5.74, 6) is 0.131. The monoisotopic (exact) mass is 417 g/mol. The van der Waals surface area contributed by atoms with Gasteiger partial charge in [-0.2, -0.15) is 0 Å². The minimum atomic E-state index is -3.73. The van der Waals surface area contributed by atoms with Gasteiger partial charge in [0.25, 0.3) is 0 Å². The second kappa shape index (κ2) is 8.42. The summed E-state index contributed by atoms with van der Waals surface area (Å²) in [7, 11) is -3.73. The molecular formula is C22H31N3O3S. The molecule has 1 fully saturated rings. The Balaban J connectivity index is 1.87. The van der Waals surface area contributed by atoms with Gasteiger partial charge in [0.1, 0.15) is 0 Å². The molecule has 6 nitrogen and oxygen atoms in total. The molecule has 0 saturated heterocycles. The van der Waals surface area contributed by atoms with Crippen LogP contribution in [-0.4, -0.2) is 42.3 Å². The second-order valence-corrected chi connectivity index (χ2v) is 9.85. The van der Waals surface area contributed by atoms with Crippen molar-refractivity contribution >= 4 is 15.8 Å². The first-order valence-electron chi connectivity index (χ1n) is 10.2. The Morgan fingerprint density at radius 2 is 1.76 bits per heavy atom. The minimum Gasteiger partial charge on any atom is -0.318 e. The van der Waals surface area contributed by atoms with Crippen LogP contribution in [-0.2, 0) is 10.0 Å². The summed E-state index contributed by atoms with van der Waals surface area (Å²) in [6.07, 6.45) is 4.82. The number of Topliss-reactive ketones (excluding diaryl/α,β-unsaturated/α-hetero) is 1. The predicted molar refractivity (Wildman–Crippen MR) is 115 cm³/mol. The first-order valence-corrected chi connectivity index (χ1v) is 11.8. The Morgan fingerprint density at radius 1 is 1.17 bits per heavy atom. The summed E-state index contributed by atoms with van der Waals surface area (Å²) in [6.45, 7) is 8.62. The summed E-state index contributed by atoms with van der Waals surface area (Å²) in [5.41, 5.74) is 3.33. The standard InChI is InChI=1S/C22H31N3O3S/c1-15(2)24(18-7-5-6-8-18)14-22(26)21-13-16(3)25(17(21)4)19-9-11-20(12-10-19)29(23,27)28/h9-13,15,18H,5-8,14H2,1-4H3,(H2,23,27,28). The lowest BCUT2D eigenvalue weighted by Gasteiger charge is -2.31. The normalized spacial score (nSPS) is 15.6. The Morgan fingerprint density at radius 3 is 2.28 bits per heavy atom. The fraction of sp³-hybridized carbons (Fsp3) is 0.500. The molecule has 2 N–H and O–H groups in total. The number of primary sulfonamides is 1. The number of ketones is 1. The van der Waals surface area contributed by atoms with E-state index in [9.17, 15) is 13.2 Å². The number of rotatable bonds is 7. The van der Waals surface area contributed by atoms with E-state index in [0.717, 1.165) is 22.6 Å². The minimum absolute atomic E-state index is 0.0733. The molecule has 0 bridgehead atoms. The number of nitrogens with zero attached hydrogens (tertiary/aromatic N) is 2. The molecule has 1 aliphatic rings. The number of hydrogen-bond acceptors (Lipinski definition) is 4. The number of hydrogen-bond donors (Lipinski definition) is 1. The first-order chi connectivity index (χ1) is 13.6. The van der Waals surface area contributed by atoms with Crippen LogP contribution < -0.4 is 5.14 Å². The molecule has 0 spiro atoms. The van der Waals surface area contributed by atoms with Gasteiger partial charge in [-0.05, 0) is 70.9 Å². The van der Waals surface area contributed by atoms with Crippen LogP contribution in [0.3, 0.4) is 0 Å². The first kappa shape index (κ1) is 21.7. The quantitative estimate of drug-likeness (QED) is 0.698. The molecule has 2 aromatic rings. The van der Waals surface area contributed by atoms with Crippen molar-refractivity contribution < 1.29 is 13.2 Å². The highest BCUT2D eigenvalue weighted by atomic mass is 32.2. The number of benzene rings is 1. The van der Waals surface area contributed by atoms with Crippen molar-refractivity contribution in [1.82, 2.24) is 9.47 Å². The van der Waals surface area contributed by atoms with Gasteiger partial charge in [-0.3, -0.25) is 9.69 Å². The second-order valence-electron chi connectivity index (χ2n) is 8.29. The van der Waals surface area contributed by atoms with Crippen LogP contribution in [0.15, 0.2) is 35.2 Å². The van der Waals surface area contributed by atoms with Gasteiger partial charge >= 0.3 is 0 Å². The molecule has 7 heteroatoms. The third kappa shape index (κ3) is 4.63. The summed E-state index contributed by atoms with van der Waals surface area (Å²) < 4.78 is 25.0. The summed E-state index contributed by atoms with van der Waals surface area (Å²) in [6, 6.07) is 9.17. The highest BCUT2D eigenvalue weighted by Gasteiger charge is 2.28. The zero-order valence-electron chi connectivity index (χ0n) is 17.7. The Kier molecular flexibility index (Phi) is 6.31. The highest BCUT2D eigenvalue weighted by molar-refractivity contribution is 7.89. The molecule has 0 atom stereocenters. The van der Waals surface area contributed by atoms with Crippen LogP contribution in [0.2, 0.25) is 0 Å². The molecule has 1 heterocycles. The van der Waals surface area contributed by atoms with Gasteiger partial charge < -0.3 is 4.57 Å². The number of carbonyl (C=O) groups is 1. The number of aromatic nitrogens is 1. The third-order valence-corrected chi connectivity index (χ3v) is 6.87. The van der Waals surface area contributed by atoms with Crippen molar-refractivity contribution in [2.24, 2.45) is 5.14 Å². The van der Waals surface area contributed by atoms with E-state index in [1.807, 2.05) is 24.5 Å². The summed E-state index contributed by atoms with van der Waals surface area (Å²) in [4.78, 5) is 15.6. The predicted octanol–water partition coefficient (Wildman–Crippen LogP) is 3.58. The molecule has 1 aliphatic carbocycles. The van der Waals surface area contributed by atoms with Crippen LogP contribution in [0.25, 0.3) is 5.69 Å². The lowest BCUT2D eigenvalue weighted by Crippen LogP contribution is -2.42. The van der Waals surface area contributed by atoms with Gasteiger partial charge in [0.2, 0.25) is 10.0 Å². The van der Waals surface area contributed by atoms with E-state index < -0.39 is 10.0 Å². The van der Waals surface area contributed by atoms with Crippen LogP contribution >= 0.6 is 0 Å². The zero-order valence-corrected chi connectivity index (χ0v) is 18.5. The highest BCUT2D eigenvalue weighted by Crippen LogP contribution is 2.27. The topological polar surface area (TPSA) is 85.4 Å². The fourth-order valence-corrected chi connectivity index (χ4v) is 4.96. The molecule has 0 unspecified atom stereocenters. The van der Waals surface area contributed by atoms with E-state index in [1.54, 1.807) is 12.1 Å². The SMILES string of the molecule is Cc1cc(C(=O)CN(C(C)C)C2CCCC2)c(C)n1-c1ccc(S(N)(=O)=O)cc1. The van der Waals surface area contributed by atoms with Crippen LogP contribution in [0.1, 0.15) is 61.3 Å². The Labute approximate surface area is 173 Å². The van der Waals surface area contributed by atoms with E-state index in [2.05, 4.69) is 18.7 Å². The molecule has 1 aromatic heterocycles. The zero-order chi connectivity index (χ0) is 21.3. The average Bonchev–Trinajstić information content (AvgIpc) is 3.27. The van der Waals surface area contributed by atoms with Crippen LogP contribution in [0.5, 0.6) is 0 Å². The number of aryl methyl sites for hydroxylation is 1. The fourth-order valence-electron chi connectivity index (χ4n) is 4.45. The lowest BCUT2D eigenvalue weighted by atomic mass is 10.1. The van der Waals surface area contributed by atoms with Crippen LogP contribution in [0.4, 0.5) is 0 Å². The van der Waals surface area contributed by atoms with Crippen molar-refractivity contribution in [2.75, 3.05) is 6.54 Å². The Hall–Kier alpha value is -1.96. The Bertz CT molecular complexity index is 985. The van der Waals surface area contributed by atoms with E-state index in [4.69, 9.17) is 5.14 Å². The molecule has 1 saturated carbocycles. The van der Waals surface area contributed by atoms with Gasteiger partial charge in [-0.25, -0.2) is 13.6 Å². The van der Waals surface area contributed by atoms with Gasteiger partial charge in [-0.1, -0.05) is 12.8 Å². The molecule has 0 radical (unpaired) electrons. The molecule has 158 valence electrons. The number of carbonyl (C=O) groups excluding carboxylic acids is 1. The van der Waals surface area contributed by atoms with Gasteiger partial charge in [0.05, 0.1) is 11.4 Å². The van der Waals surface area contributed by atoms with E-state index >= 15 is 0 Å². The van der Waals surface area contributed by atoms with Crippen molar-refractivity contribution in [3.63, 3.8) is 0 Å². The van der Waals surface area contributed by atoms with E-state index in [1.165, 1.54) is 37.8 Å². The average molecular weight is 418 g/mol. The molecule has 29 heavy (non-hydrogen) atoms. The molecule has 3 rings (SSSR count). The molecular weight excluding hydrogens is 386 g/mol. The van der Waals surface area contributed by atoms with Crippen molar-refractivity contribution in [2.45, 2.75) is 70.4 Å². The van der Waals surface area contributed by atoms with Gasteiger partial charge in [0.15, 0.2) is 5.78 Å². The maximum Gasteiger partial charge on any atom is 0.238 e. The molecule has 0 aliphatic heterocycles. The number of nitrogens with two attached hydrogens (primary N) is 1. The third-order valence-electron chi connectivity index (χ3n) is 5.94. The van der Waals surface area contributed by atoms with E-state index in [0.29, 0.717) is 18.6 Å². The van der Waals surface area contributed by atoms with Crippen molar-refractivity contribution in [3.8, 4) is 5.69 Å². The van der Waals surface area contributed by atoms with Crippen LogP contribution in [0, 0.1) is 13.8 Å². The number of sulfonamides is 1. The van der Waals surface area contributed by atoms with Gasteiger partial charge in [-0.15, -0.1) is 0 Å². The lowest BCUT2D eigenvalue weighted by molar-refractivity contribution is 0.0843. The van der Waals surface area contributed by atoms with Crippen molar-refractivity contribution in [3.05, 3.63) is 47.3 Å². The molecule has 0 amide bonds. The van der Waals surface area contributed by atoms with Gasteiger partial charge in [0, 0.05) is 34.7 Å². The maximum absolute atomic E-state index is 13.2.